The molecule has 1 atom stereocenters. The van der Waals surface area contributed by atoms with Crippen LogP contribution in [0.25, 0.3) is 0 Å². The number of esters is 1. The van der Waals surface area contributed by atoms with Gasteiger partial charge in [-0.05, 0) is 85.0 Å². The maximum absolute atomic E-state index is 12.6. The fourth-order valence-electron chi connectivity index (χ4n) is 4.43. The highest BCUT2D eigenvalue weighted by Crippen LogP contribution is 2.25. The van der Waals surface area contributed by atoms with Crippen LogP contribution in [0.3, 0.4) is 0 Å². The van der Waals surface area contributed by atoms with Crippen molar-refractivity contribution in [3.8, 4) is 11.5 Å². The number of unbranched alkanes of at least 4 members (excludes halogenated alkanes) is 9. The van der Waals surface area contributed by atoms with E-state index in [9.17, 15) is 4.79 Å². The van der Waals surface area contributed by atoms with Crippen LogP contribution in [-0.2, 0) is 0 Å². The minimum atomic E-state index is -0.406. The molecule has 0 aromatic heterocycles. The van der Waals surface area contributed by atoms with Gasteiger partial charge in [-0.25, -0.2) is 4.79 Å². The number of ether oxygens (including phenoxy) is 2. The van der Waals surface area contributed by atoms with E-state index in [2.05, 4.69) is 43.1 Å². The predicted molar refractivity (Wildman–Crippen MR) is 165 cm³/mol. The van der Waals surface area contributed by atoms with Gasteiger partial charge >= 0.3 is 5.97 Å². The van der Waals surface area contributed by atoms with Gasteiger partial charge in [0, 0.05) is 0 Å². The number of carbonyl (C=O) groups excluding carboxylic acids is 1. The molecule has 3 aromatic rings. The minimum absolute atomic E-state index is 0.406. The summed E-state index contributed by atoms with van der Waals surface area (Å²) in [6, 6.07) is 22.3. The van der Waals surface area contributed by atoms with Crippen molar-refractivity contribution in [2.45, 2.75) is 97.3 Å². The maximum Gasteiger partial charge on any atom is 0.343 e. The van der Waals surface area contributed by atoms with E-state index in [1.165, 1.54) is 63.4 Å². The van der Waals surface area contributed by atoms with E-state index >= 15 is 0 Å². The second-order valence-electron chi connectivity index (χ2n) is 10.5. The van der Waals surface area contributed by atoms with Crippen molar-refractivity contribution in [2.24, 2.45) is 10.2 Å². The zero-order valence-electron chi connectivity index (χ0n) is 24.6. The lowest BCUT2D eigenvalue weighted by atomic mass is 9.99. The molecule has 0 saturated heterocycles. The first-order valence-corrected chi connectivity index (χ1v) is 15.2. The summed E-state index contributed by atoms with van der Waals surface area (Å²) in [7, 11) is 0. The summed E-state index contributed by atoms with van der Waals surface area (Å²) < 4.78 is 11.4. The number of nitrogens with zero attached hydrogens (tertiary/aromatic N) is 2. The number of carbonyl (C=O) groups is 1. The lowest BCUT2D eigenvalue weighted by Gasteiger charge is -2.08. The molecule has 0 amide bonds. The highest BCUT2D eigenvalue weighted by atomic mass is 16.5. The minimum Gasteiger partial charge on any atom is -0.494 e. The van der Waals surface area contributed by atoms with Crippen LogP contribution in [0.15, 0.2) is 83.0 Å². The number of azo groups is 1. The number of benzene rings is 3. The smallest absolute Gasteiger partial charge is 0.343 e. The lowest BCUT2D eigenvalue weighted by Crippen LogP contribution is -2.08. The van der Waals surface area contributed by atoms with Gasteiger partial charge in [0.05, 0.1) is 23.5 Å². The van der Waals surface area contributed by atoms with Crippen molar-refractivity contribution < 1.29 is 14.3 Å². The molecule has 0 aliphatic carbocycles. The van der Waals surface area contributed by atoms with Crippen molar-refractivity contribution in [1.82, 2.24) is 0 Å². The highest BCUT2D eigenvalue weighted by molar-refractivity contribution is 5.91. The summed E-state index contributed by atoms with van der Waals surface area (Å²) in [5.41, 5.74) is 3.28. The summed E-state index contributed by atoms with van der Waals surface area (Å²) in [4.78, 5) is 12.6. The van der Waals surface area contributed by atoms with Crippen LogP contribution in [0.2, 0.25) is 0 Å². The summed E-state index contributed by atoms with van der Waals surface area (Å²) in [6.45, 7) is 7.36. The van der Waals surface area contributed by atoms with Gasteiger partial charge in [-0.1, -0.05) is 90.7 Å². The van der Waals surface area contributed by atoms with Gasteiger partial charge in [0.25, 0.3) is 0 Å². The summed E-state index contributed by atoms with van der Waals surface area (Å²) in [5, 5.41) is 8.60. The van der Waals surface area contributed by atoms with E-state index in [1.807, 2.05) is 24.3 Å². The van der Waals surface area contributed by atoms with Crippen LogP contribution in [0, 0.1) is 0 Å². The largest absolute Gasteiger partial charge is 0.494 e. The molecule has 0 N–H and O–H groups in total. The first-order valence-electron chi connectivity index (χ1n) is 15.2. The van der Waals surface area contributed by atoms with Crippen LogP contribution >= 0.6 is 0 Å². The van der Waals surface area contributed by atoms with Gasteiger partial charge in [0.2, 0.25) is 0 Å². The third-order valence-corrected chi connectivity index (χ3v) is 7.26. The molecule has 0 radical (unpaired) electrons. The average Bonchev–Trinajstić information content (AvgIpc) is 2.99. The number of hydrogen-bond acceptors (Lipinski definition) is 5. The monoisotopic (exact) mass is 542 g/mol. The van der Waals surface area contributed by atoms with Crippen LogP contribution in [-0.4, -0.2) is 12.6 Å². The maximum atomic E-state index is 12.6. The third-order valence-electron chi connectivity index (χ3n) is 7.26. The van der Waals surface area contributed by atoms with E-state index < -0.39 is 5.97 Å². The molecule has 0 heterocycles. The van der Waals surface area contributed by atoms with E-state index in [0.29, 0.717) is 29.5 Å². The summed E-state index contributed by atoms with van der Waals surface area (Å²) in [5.74, 6) is 1.36. The number of hydrogen-bond donors (Lipinski definition) is 0. The molecule has 40 heavy (non-hydrogen) atoms. The van der Waals surface area contributed by atoms with Gasteiger partial charge in [0.15, 0.2) is 0 Å². The normalized spacial score (nSPS) is 12.0. The molecule has 0 fully saturated rings. The first-order chi connectivity index (χ1) is 19.6. The molecule has 5 heteroatoms. The Morgan fingerprint density at radius 3 is 1.70 bits per heavy atom. The van der Waals surface area contributed by atoms with Crippen LogP contribution < -0.4 is 9.47 Å². The molecule has 0 aliphatic heterocycles. The molecule has 0 bridgehead atoms. The molecule has 3 rings (SSSR count). The van der Waals surface area contributed by atoms with Gasteiger partial charge < -0.3 is 9.47 Å². The van der Waals surface area contributed by atoms with Crippen LogP contribution in [0.5, 0.6) is 11.5 Å². The lowest BCUT2D eigenvalue weighted by molar-refractivity contribution is 0.0734. The average molecular weight is 543 g/mol. The molecule has 0 saturated carbocycles. The van der Waals surface area contributed by atoms with Gasteiger partial charge in [0.1, 0.15) is 11.5 Å². The topological polar surface area (TPSA) is 60.2 Å². The van der Waals surface area contributed by atoms with Crippen LogP contribution in [0.1, 0.15) is 113 Å². The Labute approximate surface area is 241 Å². The van der Waals surface area contributed by atoms with Crippen LogP contribution in [0.4, 0.5) is 11.4 Å². The van der Waals surface area contributed by atoms with E-state index in [4.69, 9.17) is 9.47 Å². The van der Waals surface area contributed by atoms with Crippen molar-refractivity contribution in [1.29, 1.82) is 0 Å². The summed E-state index contributed by atoms with van der Waals surface area (Å²) in [6.07, 6.45) is 14.1. The molecule has 3 aromatic carbocycles. The van der Waals surface area contributed by atoms with Gasteiger partial charge in [-0.15, -0.1) is 0 Å². The van der Waals surface area contributed by atoms with E-state index in [-0.39, 0.29) is 0 Å². The standard InChI is InChI=1S/C35H46N2O3/c1-4-6-7-8-9-10-11-12-13-14-27-39-33-23-17-30(18-24-33)35(38)40-34-25-21-32(22-26-34)37-36-31-19-15-29(16-20-31)28(3)5-2/h15-26,28H,4-14,27H2,1-3H3/t28-/m0/s1. The van der Waals surface area contributed by atoms with Crippen molar-refractivity contribution in [3.63, 3.8) is 0 Å². The molecule has 0 unspecified atom stereocenters. The highest BCUT2D eigenvalue weighted by Gasteiger charge is 2.09. The fraction of sp³-hybridized carbons (Fsp3) is 0.457. The Morgan fingerprint density at radius 2 is 1.15 bits per heavy atom. The first kappa shape index (κ1) is 31.1. The second kappa shape index (κ2) is 18.0. The molecular weight excluding hydrogens is 496 g/mol. The predicted octanol–water partition coefficient (Wildman–Crippen LogP) is 11.1. The zero-order valence-corrected chi connectivity index (χ0v) is 24.6. The molecule has 0 spiro atoms. The van der Waals surface area contributed by atoms with Gasteiger partial charge in [-0.3, -0.25) is 0 Å². The van der Waals surface area contributed by atoms with Crippen molar-refractivity contribution >= 4 is 17.3 Å². The fourth-order valence-corrected chi connectivity index (χ4v) is 4.43. The Balaban J connectivity index is 1.35. The molecule has 214 valence electrons. The Hall–Kier alpha value is -3.47. The van der Waals surface area contributed by atoms with Crippen molar-refractivity contribution in [2.75, 3.05) is 6.61 Å². The molecule has 0 aliphatic rings. The Morgan fingerprint density at radius 1 is 0.650 bits per heavy atom. The summed E-state index contributed by atoms with van der Waals surface area (Å²) >= 11 is 0. The Kier molecular flexibility index (Phi) is 14.0. The van der Waals surface area contributed by atoms with E-state index in [1.54, 1.807) is 36.4 Å². The SMILES string of the molecule is CCCCCCCCCCCCOc1ccc(C(=O)Oc2ccc(N=Nc3ccc([C@@H](C)CC)cc3)cc2)cc1. The van der Waals surface area contributed by atoms with E-state index in [0.717, 1.165) is 24.3 Å². The quantitative estimate of drug-likeness (QED) is 0.0695. The second-order valence-corrected chi connectivity index (χ2v) is 10.5. The van der Waals surface area contributed by atoms with Gasteiger partial charge in [-0.2, -0.15) is 10.2 Å². The van der Waals surface area contributed by atoms with Crippen molar-refractivity contribution in [3.05, 3.63) is 83.9 Å². The third kappa shape index (κ3) is 11.3. The molecule has 5 nitrogen and oxygen atoms in total. The number of rotatable bonds is 18. The molecular formula is C35H46N2O3. The Bertz CT molecular complexity index is 1140. The zero-order chi connectivity index (χ0) is 28.4.